The zero-order valence-electron chi connectivity index (χ0n) is 14.0. The van der Waals surface area contributed by atoms with Gasteiger partial charge in [0.1, 0.15) is 5.75 Å². The molecule has 1 atom stereocenters. The Hall–Kier alpha value is -0.930. The lowest BCUT2D eigenvalue weighted by molar-refractivity contribution is -0.121. The van der Waals surface area contributed by atoms with E-state index >= 15 is 0 Å². The fraction of sp³-hybridized carbons (Fsp3) is 0.611. The summed E-state index contributed by atoms with van der Waals surface area (Å²) in [7, 11) is 0. The minimum atomic E-state index is 0.0887. The zero-order valence-corrected chi connectivity index (χ0v) is 15.6. The van der Waals surface area contributed by atoms with Gasteiger partial charge in [-0.3, -0.25) is 4.79 Å². The van der Waals surface area contributed by atoms with Crippen LogP contribution in [0.4, 0.5) is 0 Å². The zero-order chi connectivity index (χ0) is 17.1. The first kappa shape index (κ1) is 20.1. The Balaban J connectivity index is 2.18. The van der Waals surface area contributed by atoms with E-state index in [1.54, 1.807) is 18.2 Å². The van der Waals surface area contributed by atoms with Crippen molar-refractivity contribution in [3.05, 3.63) is 28.2 Å². The van der Waals surface area contributed by atoms with Crippen LogP contribution in [-0.4, -0.2) is 19.1 Å². The molecule has 130 valence electrons. The predicted octanol–water partition coefficient (Wildman–Crippen LogP) is 5.49. The third-order valence-corrected chi connectivity index (χ3v) is 4.36. The fourth-order valence-corrected chi connectivity index (χ4v) is 2.76. The fourth-order valence-electron chi connectivity index (χ4n) is 2.30. The van der Waals surface area contributed by atoms with Crippen molar-refractivity contribution in [3.8, 4) is 5.75 Å². The first-order chi connectivity index (χ1) is 11.1. The average molecular weight is 360 g/mol. The first-order valence-electron chi connectivity index (χ1n) is 8.41. The number of carbonyl (C=O) groups is 1. The van der Waals surface area contributed by atoms with E-state index in [4.69, 9.17) is 27.9 Å². The summed E-state index contributed by atoms with van der Waals surface area (Å²) < 4.78 is 5.57. The second-order valence-electron chi connectivity index (χ2n) is 5.75. The molecule has 1 rings (SSSR count). The summed E-state index contributed by atoms with van der Waals surface area (Å²) in [6, 6.07) is 5.12. The number of hydrogen-bond donors (Lipinski definition) is 1. The van der Waals surface area contributed by atoms with E-state index in [-0.39, 0.29) is 5.91 Å². The molecule has 0 bridgehead atoms. The van der Waals surface area contributed by atoms with Crippen molar-refractivity contribution in [1.82, 2.24) is 5.32 Å². The van der Waals surface area contributed by atoms with E-state index in [2.05, 4.69) is 19.2 Å². The Morgan fingerprint density at radius 2 is 2.04 bits per heavy atom. The van der Waals surface area contributed by atoms with Gasteiger partial charge >= 0.3 is 0 Å². The summed E-state index contributed by atoms with van der Waals surface area (Å²) >= 11 is 11.9. The van der Waals surface area contributed by atoms with Crippen LogP contribution in [0.3, 0.4) is 0 Å². The molecule has 0 spiro atoms. The molecular weight excluding hydrogens is 333 g/mol. The highest BCUT2D eigenvalue weighted by molar-refractivity contribution is 6.35. The molecule has 1 aromatic carbocycles. The number of halogens is 2. The maximum Gasteiger partial charge on any atom is 0.220 e. The molecule has 0 aromatic heterocycles. The standard InChI is InChI=1S/C18H27Cl2NO2/c1-3-5-7-14(4-2)13-21-18(22)8-6-11-23-17-10-9-15(19)12-16(17)20/h9-10,12,14H,3-8,11,13H2,1-2H3,(H,21,22). The van der Waals surface area contributed by atoms with Crippen molar-refractivity contribution in [1.29, 1.82) is 0 Å². The Labute approximate surface area is 149 Å². The number of ether oxygens (including phenoxy) is 1. The van der Waals surface area contributed by atoms with Crippen LogP contribution in [0.25, 0.3) is 0 Å². The van der Waals surface area contributed by atoms with Gasteiger partial charge in [0.25, 0.3) is 0 Å². The third kappa shape index (κ3) is 8.47. The van der Waals surface area contributed by atoms with Crippen LogP contribution in [0, 0.1) is 5.92 Å². The van der Waals surface area contributed by atoms with Crippen LogP contribution in [-0.2, 0) is 4.79 Å². The molecule has 0 aliphatic carbocycles. The molecule has 0 aliphatic heterocycles. The molecule has 1 N–H and O–H groups in total. The highest BCUT2D eigenvalue weighted by atomic mass is 35.5. The van der Waals surface area contributed by atoms with Gasteiger partial charge in [-0.25, -0.2) is 0 Å². The number of rotatable bonds is 11. The third-order valence-electron chi connectivity index (χ3n) is 3.83. The van der Waals surface area contributed by atoms with Gasteiger partial charge in [0, 0.05) is 18.0 Å². The number of benzene rings is 1. The van der Waals surface area contributed by atoms with Crippen LogP contribution in [0.15, 0.2) is 18.2 Å². The lowest BCUT2D eigenvalue weighted by Crippen LogP contribution is -2.29. The molecule has 1 amide bonds. The molecule has 0 heterocycles. The largest absolute Gasteiger partial charge is 0.492 e. The Morgan fingerprint density at radius 1 is 1.26 bits per heavy atom. The van der Waals surface area contributed by atoms with Gasteiger partial charge in [-0.15, -0.1) is 0 Å². The van der Waals surface area contributed by atoms with Crippen molar-refractivity contribution < 1.29 is 9.53 Å². The smallest absolute Gasteiger partial charge is 0.220 e. The van der Waals surface area contributed by atoms with E-state index in [1.807, 2.05) is 0 Å². The van der Waals surface area contributed by atoms with E-state index in [0.717, 1.165) is 13.0 Å². The van der Waals surface area contributed by atoms with Crippen molar-refractivity contribution >= 4 is 29.1 Å². The van der Waals surface area contributed by atoms with Crippen LogP contribution in [0.1, 0.15) is 52.4 Å². The molecule has 0 fully saturated rings. The van der Waals surface area contributed by atoms with Gasteiger partial charge in [0.15, 0.2) is 0 Å². The Bertz CT molecular complexity index is 480. The molecule has 5 heteroatoms. The van der Waals surface area contributed by atoms with Crippen molar-refractivity contribution in [2.45, 2.75) is 52.4 Å². The summed E-state index contributed by atoms with van der Waals surface area (Å²) in [5.74, 6) is 1.27. The average Bonchev–Trinajstić information content (AvgIpc) is 2.53. The highest BCUT2D eigenvalue weighted by Crippen LogP contribution is 2.27. The SMILES string of the molecule is CCCCC(CC)CNC(=O)CCCOc1ccc(Cl)cc1Cl. The molecule has 23 heavy (non-hydrogen) atoms. The Kier molecular flexibility index (Phi) is 10.1. The number of unbranched alkanes of at least 4 members (excludes halogenated alkanes) is 1. The topological polar surface area (TPSA) is 38.3 Å². The molecule has 1 unspecified atom stereocenters. The van der Waals surface area contributed by atoms with Gasteiger partial charge in [-0.1, -0.05) is 56.3 Å². The van der Waals surface area contributed by atoms with Gasteiger partial charge < -0.3 is 10.1 Å². The number of carbonyl (C=O) groups excluding carboxylic acids is 1. The van der Waals surface area contributed by atoms with Crippen molar-refractivity contribution in [2.75, 3.05) is 13.2 Å². The molecule has 0 saturated heterocycles. The van der Waals surface area contributed by atoms with E-state index in [0.29, 0.717) is 41.2 Å². The molecule has 3 nitrogen and oxygen atoms in total. The minimum absolute atomic E-state index is 0.0887. The maximum absolute atomic E-state index is 11.8. The van der Waals surface area contributed by atoms with Gasteiger partial charge in [-0.2, -0.15) is 0 Å². The molecular formula is C18H27Cl2NO2. The molecule has 0 radical (unpaired) electrons. The molecule has 0 aliphatic rings. The summed E-state index contributed by atoms with van der Waals surface area (Å²) in [5, 5.41) is 4.09. The monoisotopic (exact) mass is 359 g/mol. The maximum atomic E-state index is 11.8. The van der Waals surface area contributed by atoms with E-state index in [1.165, 1.54) is 19.3 Å². The summed E-state index contributed by atoms with van der Waals surface area (Å²) in [6.45, 7) is 5.61. The van der Waals surface area contributed by atoms with Crippen molar-refractivity contribution in [2.24, 2.45) is 5.92 Å². The van der Waals surface area contributed by atoms with Gasteiger partial charge in [0.2, 0.25) is 5.91 Å². The highest BCUT2D eigenvalue weighted by Gasteiger charge is 2.08. The summed E-state index contributed by atoms with van der Waals surface area (Å²) in [5.41, 5.74) is 0. The number of amides is 1. The second-order valence-corrected chi connectivity index (χ2v) is 6.59. The van der Waals surface area contributed by atoms with Gasteiger partial charge in [0.05, 0.1) is 11.6 Å². The number of nitrogens with one attached hydrogen (secondary N) is 1. The predicted molar refractivity (Wildman–Crippen MR) is 97.5 cm³/mol. The van der Waals surface area contributed by atoms with E-state index < -0.39 is 0 Å². The van der Waals surface area contributed by atoms with Gasteiger partial charge in [-0.05, 0) is 37.0 Å². The lowest BCUT2D eigenvalue weighted by atomic mass is 9.99. The molecule has 1 aromatic rings. The molecule has 0 saturated carbocycles. The van der Waals surface area contributed by atoms with Crippen LogP contribution < -0.4 is 10.1 Å². The minimum Gasteiger partial charge on any atom is -0.492 e. The first-order valence-corrected chi connectivity index (χ1v) is 9.16. The Morgan fingerprint density at radius 3 is 2.70 bits per heavy atom. The normalized spacial score (nSPS) is 12.0. The van der Waals surface area contributed by atoms with E-state index in [9.17, 15) is 4.79 Å². The van der Waals surface area contributed by atoms with Crippen LogP contribution >= 0.6 is 23.2 Å². The lowest BCUT2D eigenvalue weighted by Gasteiger charge is -2.15. The van der Waals surface area contributed by atoms with Crippen LogP contribution in [0.5, 0.6) is 5.75 Å². The van der Waals surface area contributed by atoms with Crippen LogP contribution in [0.2, 0.25) is 10.0 Å². The summed E-state index contributed by atoms with van der Waals surface area (Å²) in [4.78, 5) is 11.8. The van der Waals surface area contributed by atoms with Crippen molar-refractivity contribution in [3.63, 3.8) is 0 Å². The quantitative estimate of drug-likeness (QED) is 0.530. The number of hydrogen-bond acceptors (Lipinski definition) is 2. The second kappa shape index (κ2) is 11.6. The summed E-state index contributed by atoms with van der Waals surface area (Å²) in [6.07, 6.45) is 5.86.